The van der Waals surface area contributed by atoms with E-state index in [1.54, 1.807) is 12.1 Å². The Hall–Kier alpha value is -2.26. The topological polar surface area (TPSA) is 75.8 Å². The molecule has 1 aromatic rings. The Kier molecular flexibility index (Phi) is 6.04. The van der Waals surface area contributed by atoms with Crippen molar-refractivity contribution < 1.29 is 19.2 Å². The Labute approximate surface area is 143 Å². The molecule has 130 valence electrons. The van der Waals surface area contributed by atoms with E-state index in [4.69, 9.17) is 9.47 Å². The van der Waals surface area contributed by atoms with Crippen molar-refractivity contribution in [3.8, 4) is 17.6 Å². The van der Waals surface area contributed by atoms with Crippen LogP contribution in [0, 0.1) is 23.2 Å². The number of likely N-dealkylation sites (tertiary alicyclic amines) is 1. The third kappa shape index (κ3) is 4.39. The van der Waals surface area contributed by atoms with Crippen LogP contribution in [0.2, 0.25) is 0 Å². The molecule has 0 spiro atoms. The number of nitrogens with one attached hydrogen (secondary N) is 2. The Balaban J connectivity index is 2.09. The van der Waals surface area contributed by atoms with Gasteiger partial charge in [-0.1, -0.05) is 13.8 Å². The summed E-state index contributed by atoms with van der Waals surface area (Å²) in [6.45, 7) is 6.89. The number of benzene rings is 1. The first-order valence-corrected chi connectivity index (χ1v) is 8.26. The Morgan fingerprint density at radius 2 is 1.83 bits per heavy atom. The van der Waals surface area contributed by atoms with Gasteiger partial charge in [-0.2, -0.15) is 5.26 Å². The van der Waals surface area contributed by atoms with Crippen molar-refractivity contribution in [3.63, 3.8) is 0 Å². The van der Waals surface area contributed by atoms with E-state index in [0.29, 0.717) is 41.1 Å². The van der Waals surface area contributed by atoms with Gasteiger partial charge in [-0.05, 0) is 6.42 Å². The lowest BCUT2D eigenvalue weighted by molar-refractivity contribution is -0.904. The van der Waals surface area contributed by atoms with E-state index < -0.39 is 0 Å². The normalized spacial score (nSPS) is 23.2. The maximum absolute atomic E-state index is 12.4. The Morgan fingerprint density at radius 1 is 1.25 bits per heavy atom. The SMILES string of the molecule is COc1cc(C#N)c(NC(=O)C[NH+]2C[C@H](C)C[C@@H](C)C2)cc1OC. The summed E-state index contributed by atoms with van der Waals surface area (Å²) in [5, 5.41) is 12.1. The summed E-state index contributed by atoms with van der Waals surface area (Å²) >= 11 is 0. The van der Waals surface area contributed by atoms with Gasteiger partial charge in [-0.15, -0.1) is 0 Å². The molecule has 0 bridgehead atoms. The molecule has 6 heteroatoms. The van der Waals surface area contributed by atoms with E-state index in [1.807, 2.05) is 0 Å². The van der Waals surface area contributed by atoms with E-state index in [2.05, 4.69) is 25.2 Å². The van der Waals surface area contributed by atoms with Crippen molar-refractivity contribution in [2.24, 2.45) is 11.8 Å². The maximum Gasteiger partial charge on any atom is 0.279 e. The molecule has 1 aromatic carbocycles. The number of rotatable bonds is 5. The second-order valence-electron chi connectivity index (χ2n) is 6.69. The number of anilines is 1. The highest BCUT2D eigenvalue weighted by molar-refractivity contribution is 5.93. The van der Waals surface area contributed by atoms with Gasteiger partial charge in [0.05, 0.1) is 38.6 Å². The number of hydrogen-bond donors (Lipinski definition) is 2. The molecule has 6 nitrogen and oxygen atoms in total. The van der Waals surface area contributed by atoms with Gasteiger partial charge < -0.3 is 19.7 Å². The third-order valence-electron chi connectivity index (χ3n) is 4.41. The van der Waals surface area contributed by atoms with Crippen LogP contribution >= 0.6 is 0 Å². The van der Waals surface area contributed by atoms with Crippen molar-refractivity contribution in [1.82, 2.24) is 0 Å². The predicted molar refractivity (Wildman–Crippen MR) is 91.4 cm³/mol. The van der Waals surface area contributed by atoms with E-state index in [-0.39, 0.29) is 5.91 Å². The number of hydrogen-bond acceptors (Lipinski definition) is 4. The lowest BCUT2D eigenvalue weighted by Gasteiger charge is -2.31. The Bertz CT molecular complexity index is 629. The van der Waals surface area contributed by atoms with Crippen LogP contribution in [0.15, 0.2) is 12.1 Å². The number of nitrogens with zero attached hydrogens (tertiary/aromatic N) is 1. The van der Waals surface area contributed by atoms with Crippen LogP contribution in [0.4, 0.5) is 5.69 Å². The van der Waals surface area contributed by atoms with Crippen molar-refractivity contribution in [2.45, 2.75) is 20.3 Å². The number of methoxy groups -OCH3 is 2. The van der Waals surface area contributed by atoms with Crippen molar-refractivity contribution in [2.75, 3.05) is 39.2 Å². The minimum absolute atomic E-state index is 0.0879. The fourth-order valence-corrected chi connectivity index (χ4v) is 3.56. The monoisotopic (exact) mass is 332 g/mol. The molecule has 0 saturated carbocycles. The molecule has 1 aliphatic heterocycles. The molecular weight excluding hydrogens is 306 g/mol. The summed E-state index contributed by atoms with van der Waals surface area (Å²) in [6.07, 6.45) is 1.22. The number of piperidine rings is 1. The van der Waals surface area contributed by atoms with E-state index in [0.717, 1.165) is 13.1 Å². The number of ether oxygens (including phenoxy) is 2. The van der Waals surface area contributed by atoms with E-state index in [9.17, 15) is 10.1 Å². The highest BCUT2D eigenvalue weighted by Gasteiger charge is 2.27. The van der Waals surface area contributed by atoms with Gasteiger partial charge in [0.1, 0.15) is 6.07 Å². The summed E-state index contributed by atoms with van der Waals surface area (Å²) in [7, 11) is 3.04. The van der Waals surface area contributed by atoms with Gasteiger partial charge in [0.25, 0.3) is 5.91 Å². The predicted octanol–water partition coefficient (Wildman–Crippen LogP) is 1.07. The van der Waals surface area contributed by atoms with E-state index in [1.165, 1.54) is 25.5 Å². The number of carbonyl (C=O) groups excluding carboxylic acids is 1. The molecule has 1 heterocycles. The molecule has 2 N–H and O–H groups in total. The summed E-state index contributed by atoms with van der Waals surface area (Å²) in [6, 6.07) is 5.29. The second-order valence-corrected chi connectivity index (χ2v) is 6.69. The zero-order valence-corrected chi connectivity index (χ0v) is 14.8. The highest BCUT2D eigenvalue weighted by atomic mass is 16.5. The lowest BCUT2D eigenvalue weighted by atomic mass is 9.92. The fourth-order valence-electron chi connectivity index (χ4n) is 3.56. The number of nitriles is 1. The van der Waals surface area contributed by atoms with Crippen molar-refractivity contribution in [3.05, 3.63) is 17.7 Å². The minimum atomic E-state index is -0.0879. The number of carbonyl (C=O) groups is 1. The molecule has 1 fully saturated rings. The van der Waals surface area contributed by atoms with Crippen LogP contribution in [0.5, 0.6) is 11.5 Å². The maximum atomic E-state index is 12.4. The first kappa shape index (κ1) is 18.1. The molecule has 0 unspecified atom stereocenters. The molecule has 0 aromatic heterocycles. The molecule has 24 heavy (non-hydrogen) atoms. The molecule has 1 aliphatic rings. The summed E-state index contributed by atoms with van der Waals surface area (Å²) in [4.78, 5) is 13.7. The van der Waals surface area contributed by atoms with Crippen LogP contribution in [-0.4, -0.2) is 39.8 Å². The average molecular weight is 332 g/mol. The number of quaternary nitrogens is 1. The zero-order valence-electron chi connectivity index (χ0n) is 14.8. The van der Waals surface area contributed by atoms with Gasteiger partial charge >= 0.3 is 0 Å². The third-order valence-corrected chi connectivity index (χ3v) is 4.41. The smallest absolute Gasteiger partial charge is 0.279 e. The van der Waals surface area contributed by atoms with Crippen LogP contribution < -0.4 is 19.7 Å². The molecular formula is C18H26N3O3+. The van der Waals surface area contributed by atoms with Gasteiger partial charge in [0.15, 0.2) is 18.0 Å². The molecule has 0 aliphatic carbocycles. The molecule has 1 saturated heterocycles. The fraction of sp³-hybridized carbons (Fsp3) is 0.556. The molecule has 2 atom stereocenters. The standard InChI is InChI=1S/C18H25N3O3/c1-12-5-13(2)10-21(9-12)11-18(22)20-15-7-17(24-4)16(23-3)6-14(15)8-19/h6-7,12-13H,5,9-11H2,1-4H3,(H,20,22)/p+1/t12-,13-/m1/s1. The summed E-state index contributed by atoms with van der Waals surface area (Å²) < 4.78 is 10.4. The molecule has 0 radical (unpaired) electrons. The Morgan fingerprint density at radius 3 is 2.38 bits per heavy atom. The summed E-state index contributed by atoms with van der Waals surface area (Å²) in [5.74, 6) is 2.13. The molecule has 1 amide bonds. The van der Waals surface area contributed by atoms with Crippen LogP contribution in [0.1, 0.15) is 25.8 Å². The highest BCUT2D eigenvalue weighted by Crippen LogP contribution is 2.32. The van der Waals surface area contributed by atoms with Gasteiger partial charge in [0.2, 0.25) is 0 Å². The summed E-state index contributed by atoms with van der Waals surface area (Å²) in [5.41, 5.74) is 0.814. The zero-order chi connectivity index (χ0) is 17.7. The van der Waals surface area contributed by atoms with Crippen LogP contribution in [0.3, 0.4) is 0 Å². The van der Waals surface area contributed by atoms with Crippen LogP contribution in [0.25, 0.3) is 0 Å². The van der Waals surface area contributed by atoms with Crippen molar-refractivity contribution in [1.29, 1.82) is 5.26 Å². The van der Waals surface area contributed by atoms with Crippen molar-refractivity contribution >= 4 is 11.6 Å². The second kappa shape index (κ2) is 8.02. The first-order valence-electron chi connectivity index (χ1n) is 8.26. The number of amides is 1. The lowest BCUT2D eigenvalue weighted by Crippen LogP contribution is -3.15. The minimum Gasteiger partial charge on any atom is -0.493 e. The largest absolute Gasteiger partial charge is 0.493 e. The van der Waals surface area contributed by atoms with Gasteiger partial charge in [-0.3, -0.25) is 4.79 Å². The first-order chi connectivity index (χ1) is 11.5. The van der Waals surface area contributed by atoms with Gasteiger partial charge in [-0.25, -0.2) is 0 Å². The van der Waals surface area contributed by atoms with Crippen LogP contribution in [-0.2, 0) is 4.79 Å². The van der Waals surface area contributed by atoms with E-state index >= 15 is 0 Å². The average Bonchev–Trinajstić information content (AvgIpc) is 2.53. The molecule has 2 rings (SSSR count). The van der Waals surface area contributed by atoms with Gasteiger partial charge in [0, 0.05) is 24.0 Å². The quantitative estimate of drug-likeness (QED) is 0.846.